The number of hydrogen-bond acceptors (Lipinski definition) is 4. The standard InChI is InChI=1S/C27H30N2O3/c1-3-25(30)29(24-11-5-4-6-12-24)27(26(31)32-2)15-17-28(18-16-27)20-21-13-14-22-9-7-8-10-23(22)19-21/h4-14,19H,3,15-18,20H2,1-2H3. The Morgan fingerprint density at radius 2 is 1.59 bits per heavy atom. The van der Waals surface area contributed by atoms with Crippen LogP contribution in [-0.2, 0) is 20.9 Å². The first-order valence-corrected chi connectivity index (χ1v) is 11.2. The third-order valence-corrected chi connectivity index (χ3v) is 6.46. The number of anilines is 1. The predicted octanol–water partition coefficient (Wildman–Crippen LogP) is 4.79. The highest BCUT2D eigenvalue weighted by atomic mass is 16.5. The summed E-state index contributed by atoms with van der Waals surface area (Å²) >= 11 is 0. The molecule has 5 heteroatoms. The number of rotatable bonds is 6. The van der Waals surface area contributed by atoms with E-state index in [9.17, 15) is 9.59 Å². The van der Waals surface area contributed by atoms with Crippen LogP contribution in [0.1, 0.15) is 31.7 Å². The molecule has 0 saturated carbocycles. The summed E-state index contributed by atoms with van der Waals surface area (Å²) < 4.78 is 5.24. The molecule has 0 unspecified atom stereocenters. The minimum absolute atomic E-state index is 0.0652. The minimum atomic E-state index is -0.983. The lowest BCUT2D eigenvalue weighted by molar-refractivity contribution is -0.151. The second kappa shape index (κ2) is 9.53. The van der Waals surface area contributed by atoms with Crippen molar-refractivity contribution in [3.8, 4) is 0 Å². The first-order valence-electron chi connectivity index (χ1n) is 11.2. The highest BCUT2D eigenvalue weighted by Gasteiger charge is 2.49. The summed E-state index contributed by atoms with van der Waals surface area (Å²) in [5, 5.41) is 2.46. The van der Waals surface area contributed by atoms with Crippen molar-refractivity contribution >= 4 is 28.3 Å². The van der Waals surface area contributed by atoms with Gasteiger partial charge in [0.2, 0.25) is 5.91 Å². The molecule has 1 aliphatic heterocycles. The molecule has 1 heterocycles. The van der Waals surface area contributed by atoms with Crippen molar-refractivity contribution < 1.29 is 14.3 Å². The van der Waals surface area contributed by atoms with Gasteiger partial charge in [0.1, 0.15) is 5.54 Å². The van der Waals surface area contributed by atoms with Crippen LogP contribution >= 0.6 is 0 Å². The number of piperidine rings is 1. The van der Waals surface area contributed by atoms with E-state index in [0.717, 1.165) is 12.2 Å². The molecule has 1 aliphatic rings. The van der Waals surface area contributed by atoms with Gasteiger partial charge in [0.15, 0.2) is 0 Å². The van der Waals surface area contributed by atoms with Gasteiger partial charge in [-0.2, -0.15) is 0 Å². The molecule has 0 radical (unpaired) electrons. The monoisotopic (exact) mass is 430 g/mol. The summed E-state index contributed by atoms with van der Waals surface area (Å²) in [6, 6.07) is 24.4. The zero-order valence-corrected chi connectivity index (χ0v) is 18.8. The number of amides is 1. The molecule has 1 fully saturated rings. The van der Waals surface area contributed by atoms with Crippen molar-refractivity contribution in [3.63, 3.8) is 0 Å². The number of methoxy groups -OCH3 is 1. The van der Waals surface area contributed by atoms with Gasteiger partial charge >= 0.3 is 5.97 Å². The van der Waals surface area contributed by atoms with Crippen LogP contribution in [0.5, 0.6) is 0 Å². The molecule has 0 aromatic heterocycles. The topological polar surface area (TPSA) is 49.9 Å². The van der Waals surface area contributed by atoms with Gasteiger partial charge in [0, 0.05) is 31.7 Å². The Kier molecular flexibility index (Phi) is 6.56. The minimum Gasteiger partial charge on any atom is -0.467 e. The number of fused-ring (bicyclic) bond motifs is 1. The number of ether oxygens (including phenoxy) is 1. The van der Waals surface area contributed by atoms with Crippen molar-refractivity contribution in [1.82, 2.24) is 4.90 Å². The van der Waals surface area contributed by atoms with E-state index in [0.29, 0.717) is 32.4 Å². The maximum atomic E-state index is 13.1. The van der Waals surface area contributed by atoms with Crippen LogP contribution in [0.15, 0.2) is 72.8 Å². The number of benzene rings is 3. The lowest BCUT2D eigenvalue weighted by Gasteiger charge is -2.46. The van der Waals surface area contributed by atoms with E-state index in [-0.39, 0.29) is 11.9 Å². The number of carbonyl (C=O) groups excluding carboxylic acids is 2. The Morgan fingerprint density at radius 1 is 0.938 bits per heavy atom. The lowest BCUT2D eigenvalue weighted by Crippen LogP contribution is -2.62. The second-order valence-corrected chi connectivity index (χ2v) is 8.40. The quantitative estimate of drug-likeness (QED) is 0.528. The van der Waals surface area contributed by atoms with Crippen LogP contribution < -0.4 is 4.90 Å². The van der Waals surface area contributed by atoms with Crippen molar-refractivity contribution in [2.75, 3.05) is 25.1 Å². The number of esters is 1. The van der Waals surface area contributed by atoms with Crippen LogP contribution in [0.2, 0.25) is 0 Å². The summed E-state index contributed by atoms with van der Waals surface area (Å²) in [6.07, 6.45) is 1.40. The Morgan fingerprint density at radius 3 is 2.25 bits per heavy atom. The Balaban J connectivity index is 1.57. The number of nitrogens with zero attached hydrogens (tertiary/aromatic N) is 2. The van der Waals surface area contributed by atoms with Crippen molar-refractivity contribution in [1.29, 1.82) is 0 Å². The molecule has 3 aromatic rings. The molecule has 1 saturated heterocycles. The van der Waals surface area contributed by atoms with Crippen LogP contribution in [-0.4, -0.2) is 42.5 Å². The molecular weight excluding hydrogens is 400 g/mol. The number of carbonyl (C=O) groups is 2. The van der Waals surface area contributed by atoms with Gasteiger partial charge in [-0.25, -0.2) is 4.79 Å². The Bertz CT molecular complexity index is 1090. The van der Waals surface area contributed by atoms with E-state index in [1.807, 2.05) is 37.3 Å². The molecule has 0 N–H and O–H groups in total. The van der Waals surface area contributed by atoms with Crippen LogP contribution in [0.3, 0.4) is 0 Å². The van der Waals surface area contributed by atoms with E-state index in [1.54, 1.807) is 4.90 Å². The molecule has 4 rings (SSSR count). The molecule has 0 aliphatic carbocycles. The van der Waals surface area contributed by atoms with Gasteiger partial charge in [-0.3, -0.25) is 14.6 Å². The summed E-state index contributed by atoms with van der Waals surface area (Å²) in [5.41, 5.74) is 1.01. The molecule has 0 bridgehead atoms. The normalized spacial score (nSPS) is 15.9. The number of likely N-dealkylation sites (tertiary alicyclic amines) is 1. The first-order chi connectivity index (χ1) is 15.6. The third-order valence-electron chi connectivity index (χ3n) is 6.46. The molecule has 0 spiro atoms. The summed E-state index contributed by atoms with van der Waals surface area (Å²) in [4.78, 5) is 30.2. The molecule has 5 nitrogen and oxygen atoms in total. The summed E-state index contributed by atoms with van der Waals surface area (Å²) in [5.74, 6) is -0.405. The third kappa shape index (κ3) is 4.26. The molecule has 1 amide bonds. The van der Waals surface area contributed by atoms with Gasteiger partial charge < -0.3 is 4.74 Å². The van der Waals surface area contributed by atoms with Crippen molar-refractivity contribution in [2.24, 2.45) is 0 Å². The SMILES string of the molecule is CCC(=O)N(c1ccccc1)C1(C(=O)OC)CCN(Cc2ccc3ccccc3c2)CC1. The highest BCUT2D eigenvalue weighted by Crippen LogP contribution is 2.36. The van der Waals surface area contributed by atoms with Crippen LogP contribution in [0.4, 0.5) is 5.69 Å². The zero-order valence-electron chi connectivity index (χ0n) is 18.8. The fraction of sp³-hybridized carbons (Fsp3) is 0.333. The fourth-order valence-electron chi connectivity index (χ4n) is 4.75. The van der Waals surface area contributed by atoms with Gasteiger partial charge in [-0.1, -0.05) is 61.5 Å². The molecule has 32 heavy (non-hydrogen) atoms. The van der Waals surface area contributed by atoms with E-state index >= 15 is 0 Å². The summed E-state index contributed by atoms with van der Waals surface area (Å²) in [6.45, 7) is 4.07. The molecule has 0 atom stereocenters. The van der Waals surface area contributed by atoms with E-state index in [4.69, 9.17) is 4.74 Å². The van der Waals surface area contributed by atoms with Gasteiger partial charge in [0.25, 0.3) is 0 Å². The lowest BCUT2D eigenvalue weighted by atomic mass is 9.84. The van der Waals surface area contributed by atoms with Gasteiger partial charge in [-0.05, 0) is 47.4 Å². The van der Waals surface area contributed by atoms with Gasteiger partial charge in [-0.15, -0.1) is 0 Å². The zero-order chi connectivity index (χ0) is 22.6. The van der Waals surface area contributed by atoms with Crippen molar-refractivity contribution in [3.05, 3.63) is 78.4 Å². The number of para-hydroxylation sites is 1. The maximum absolute atomic E-state index is 13.1. The molecular formula is C27H30N2O3. The maximum Gasteiger partial charge on any atom is 0.332 e. The fourth-order valence-corrected chi connectivity index (χ4v) is 4.75. The average molecular weight is 431 g/mol. The summed E-state index contributed by atoms with van der Waals surface area (Å²) in [7, 11) is 1.41. The van der Waals surface area contributed by atoms with Gasteiger partial charge in [0.05, 0.1) is 7.11 Å². The average Bonchev–Trinajstić information content (AvgIpc) is 2.85. The Labute approximate surface area is 189 Å². The highest BCUT2D eigenvalue weighted by molar-refractivity contribution is 6.02. The van der Waals surface area contributed by atoms with E-state index in [1.165, 1.54) is 23.4 Å². The molecule has 3 aromatic carbocycles. The number of hydrogen-bond donors (Lipinski definition) is 0. The van der Waals surface area contributed by atoms with E-state index in [2.05, 4.69) is 47.4 Å². The van der Waals surface area contributed by atoms with Crippen LogP contribution in [0.25, 0.3) is 10.8 Å². The second-order valence-electron chi connectivity index (χ2n) is 8.40. The smallest absolute Gasteiger partial charge is 0.332 e. The molecule has 166 valence electrons. The van der Waals surface area contributed by atoms with Crippen LogP contribution in [0, 0.1) is 0 Å². The Hall–Kier alpha value is -3.18. The largest absolute Gasteiger partial charge is 0.467 e. The first kappa shape index (κ1) is 22.0. The predicted molar refractivity (Wildman–Crippen MR) is 127 cm³/mol. The van der Waals surface area contributed by atoms with E-state index < -0.39 is 5.54 Å². The van der Waals surface area contributed by atoms with Crippen molar-refractivity contribution in [2.45, 2.75) is 38.3 Å².